The Kier molecular flexibility index (Phi) is 5.90. The molecule has 1 aliphatic rings. The Morgan fingerprint density at radius 1 is 1.20 bits per heavy atom. The third-order valence-corrected chi connectivity index (χ3v) is 4.19. The molecule has 1 aromatic rings. The predicted octanol–water partition coefficient (Wildman–Crippen LogP) is 4.87. The summed E-state index contributed by atoms with van der Waals surface area (Å²) in [5, 5.41) is 10.4. The Balaban J connectivity index is 1.86. The van der Waals surface area contributed by atoms with Crippen LogP contribution < -0.4 is 4.74 Å². The van der Waals surface area contributed by atoms with Crippen LogP contribution in [-0.4, -0.2) is 11.2 Å². The van der Waals surface area contributed by atoms with Gasteiger partial charge in [0.25, 0.3) is 0 Å². The van der Waals surface area contributed by atoms with E-state index in [9.17, 15) is 5.11 Å². The summed E-state index contributed by atoms with van der Waals surface area (Å²) >= 11 is 0. The molecule has 0 spiro atoms. The molecule has 1 N–H and O–H groups in total. The van der Waals surface area contributed by atoms with E-state index in [0.29, 0.717) is 0 Å². The minimum atomic E-state index is -0.354. The fourth-order valence-corrected chi connectivity index (χ4v) is 3.10. The zero-order chi connectivity index (χ0) is 14.4. The molecule has 1 atom stereocenters. The lowest BCUT2D eigenvalue weighted by molar-refractivity contribution is 0.150. The van der Waals surface area contributed by atoms with Gasteiger partial charge in [0.1, 0.15) is 5.75 Å². The molecule has 1 fully saturated rings. The van der Waals surface area contributed by atoms with Gasteiger partial charge in [-0.05, 0) is 50.3 Å². The standard InChI is InChI=1S/C18H28O2/c1-14(2)20-17-10-6-9-16(13-17)18(19)12-11-15-7-4-3-5-8-15/h6,9-10,13-15,18-19H,3-5,7-8,11-12H2,1-2H3. The van der Waals surface area contributed by atoms with E-state index in [-0.39, 0.29) is 12.2 Å². The zero-order valence-corrected chi connectivity index (χ0v) is 12.8. The largest absolute Gasteiger partial charge is 0.491 e. The average molecular weight is 276 g/mol. The number of aliphatic hydroxyl groups is 1. The zero-order valence-electron chi connectivity index (χ0n) is 12.8. The number of rotatable bonds is 6. The first-order valence-electron chi connectivity index (χ1n) is 8.10. The molecule has 2 nitrogen and oxygen atoms in total. The van der Waals surface area contributed by atoms with Gasteiger partial charge in [-0.15, -0.1) is 0 Å². The van der Waals surface area contributed by atoms with Gasteiger partial charge in [-0.1, -0.05) is 44.2 Å². The van der Waals surface area contributed by atoms with Crippen LogP contribution in [0.25, 0.3) is 0 Å². The molecule has 0 saturated heterocycles. The van der Waals surface area contributed by atoms with E-state index in [1.54, 1.807) is 0 Å². The lowest BCUT2D eigenvalue weighted by Gasteiger charge is -2.23. The van der Waals surface area contributed by atoms with Gasteiger partial charge in [0.2, 0.25) is 0 Å². The van der Waals surface area contributed by atoms with Crippen LogP contribution in [0.3, 0.4) is 0 Å². The summed E-state index contributed by atoms with van der Waals surface area (Å²) in [7, 11) is 0. The van der Waals surface area contributed by atoms with Crippen molar-refractivity contribution in [2.45, 2.75) is 71.0 Å². The van der Waals surface area contributed by atoms with Crippen LogP contribution in [0.2, 0.25) is 0 Å². The van der Waals surface area contributed by atoms with Crippen LogP contribution in [-0.2, 0) is 0 Å². The second-order valence-corrected chi connectivity index (χ2v) is 6.34. The van der Waals surface area contributed by atoms with Gasteiger partial charge >= 0.3 is 0 Å². The van der Waals surface area contributed by atoms with Crippen LogP contribution in [0.5, 0.6) is 5.75 Å². The average Bonchev–Trinajstić information content (AvgIpc) is 2.45. The Bertz CT molecular complexity index is 394. The summed E-state index contributed by atoms with van der Waals surface area (Å²) in [6, 6.07) is 7.90. The molecule has 2 rings (SSSR count). The summed E-state index contributed by atoms with van der Waals surface area (Å²) in [5.74, 6) is 1.68. The molecule has 0 heterocycles. The third-order valence-electron chi connectivity index (χ3n) is 4.19. The second kappa shape index (κ2) is 7.68. The quantitative estimate of drug-likeness (QED) is 0.803. The van der Waals surface area contributed by atoms with Crippen molar-refractivity contribution in [2.24, 2.45) is 5.92 Å². The number of ether oxygens (including phenoxy) is 1. The Morgan fingerprint density at radius 2 is 1.95 bits per heavy atom. The van der Waals surface area contributed by atoms with Crippen molar-refractivity contribution in [1.82, 2.24) is 0 Å². The van der Waals surface area contributed by atoms with E-state index < -0.39 is 0 Å². The molecule has 0 radical (unpaired) electrons. The molecule has 112 valence electrons. The molecule has 0 bridgehead atoms. The molecule has 0 aliphatic heterocycles. The van der Waals surface area contributed by atoms with Crippen LogP contribution in [0.15, 0.2) is 24.3 Å². The van der Waals surface area contributed by atoms with E-state index in [2.05, 4.69) is 0 Å². The van der Waals surface area contributed by atoms with Gasteiger partial charge in [0.15, 0.2) is 0 Å². The maximum atomic E-state index is 10.4. The van der Waals surface area contributed by atoms with Crippen molar-refractivity contribution >= 4 is 0 Å². The molecular weight excluding hydrogens is 248 g/mol. The van der Waals surface area contributed by atoms with E-state index in [1.165, 1.54) is 32.1 Å². The predicted molar refractivity (Wildman–Crippen MR) is 83.0 cm³/mol. The number of hydrogen-bond donors (Lipinski definition) is 1. The van der Waals surface area contributed by atoms with Crippen molar-refractivity contribution in [3.8, 4) is 5.75 Å². The normalized spacial score (nSPS) is 18.2. The molecule has 2 heteroatoms. The summed E-state index contributed by atoms with van der Waals surface area (Å²) in [5.41, 5.74) is 0.985. The number of aliphatic hydroxyl groups excluding tert-OH is 1. The van der Waals surface area contributed by atoms with Gasteiger partial charge in [0, 0.05) is 0 Å². The van der Waals surface area contributed by atoms with Gasteiger partial charge < -0.3 is 9.84 Å². The summed E-state index contributed by atoms with van der Waals surface area (Å²) in [6.07, 6.45) is 8.68. The lowest BCUT2D eigenvalue weighted by Crippen LogP contribution is -2.09. The van der Waals surface area contributed by atoms with Crippen LogP contribution >= 0.6 is 0 Å². The molecule has 1 aliphatic carbocycles. The highest BCUT2D eigenvalue weighted by Crippen LogP contribution is 2.31. The van der Waals surface area contributed by atoms with Crippen molar-refractivity contribution in [1.29, 1.82) is 0 Å². The monoisotopic (exact) mass is 276 g/mol. The highest BCUT2D eigenvalue weighted by molar-refractivity contribution is 5.30. The van der Waals surface area contributed by atoms with Crippen molar-refractivity contribution < 1.29 is 9.84 Å². The van der Waals surface area contributed by atoms with Gasteiger partial charge in [-0.25, -0.2) is 0 Å². The van der Waals surface area contributed by atoms with Gasteiger partial charge in [-0.2, -0.15) is 0 Å². The number of benzene rings is 1. The summed E-state index contributed by atoms with van der Waals surface area (Å²) in [4.78, 5) is 0. The van der Waals surface area contributed by atoms with Crippen molar-refractivity contribution in [3.05, 3.63) is 29.8 Å². The summed E-state index contributed by atoms with van der Waals surface area (Å²) < 4.78 is 5.69. The van der Waals surface area contributed by atoms with E-state index >= 15 is 0 Å². The molecule has 1 aromatic carbocycles. The minimum Gasteiger partial charge on any atom is -0.491 e. The maximum Gasteiger partial charge on any atom is 0.120 e. The van der Waals surface area contributed by atoms with Crippen LogP contribution in [0.4, 0.5) is 0 Å². The van der Waals surface area contributed by atoms with Gasteiger partial charge in [-0.3, -0.25) is 0 Å². The SMILES string of the molecule is CC(C)Oc1cccc(C(O)CCC2CCCCC2)c1. The van der Waals surface area contributed by atoms with Crippen LogP contribution in [0, 0.1) is 5.92 Å². The molecule has 20 heavy (non-hydrogen) atoms. The van der Waals surface area contributed by atoms with Gasteiger partial charge in [0.05, 0.1) is 12.2 Å². The fourth-order valence-electron chi connectivity index (χ4n) is 3.10. The molecule has 1 saturated carbocycles. The molecule has 0 amide bonds. The topological polar surface area (TPSA) is 29.5 Å². The van der Waals surface area contributed by atoms with Crippen molar-refractivity contribution in [2.75, 3.05) is 0 Å². The van der Waals surface area contributed by atoms with Crippen molar-refractivity contribution in [3.63, 3.8) is 0 Å². The third kappa shape index (κ3) is 4.82. The first kappa shape index (κ1) is 15.4. The second-order valence-electron chi connectivity index (χ2n) is 6.34. The fraction of sp³-hybridized carbons (Fsp3) is 0.667. The highest BCUT2D eigenvalue weighted by atomic mass is 16.5. The molecule has 1 unspecified atom stereocenters. The first-order valence-corrected chi connectivity index (χ1v) is 8.10. The van der Waals surface area contributed by atoms with Crippen LogP contribution in [0.1, 0.15) is 70.5 Å². The Labute approximate surface area is 123 Å². The van der Waals surface area contributed by atoms with E-state index in [1.807, 2.05) is 38.1 Å². The minimum absolute atomic E-state index is 0.171. The van der Waals surface area contributed by atoms with E-state index in [4.69, 9.17) is 4.74 Å². The molecule has 0 aromatic heterocycles. The first-order chi connectivity index (χ1) is 9.65. The Hall–Kier alpha value is -1.02. The van der Waals surface area contributed by atoms with E-state index in [0.717, 1.165) is 30.1 Å². The number of hydrogen-bond acceptors (Lipinski definition) is 2. The summed E-state index contributed by atoms with van der Waals surface area (Å²) in [6.45, 7) is 4.04. The maximum absolute atomic E-state index is 10.4. The highest BCUT2D eigenvalue weighted by Gasteiger charge is 2.16. The molecular formula is C18H28O2. The smallest absolute Gasteiger partial charge is 0.120 e. The lowest BCUT2D eigenvalue weighted by atomic mass is 9.85. The Morgan fingerprint density at radius 3 is 2.65 bits per heavy atom.